The Labute approximate surface area is 151 Å². The molecule has 3 rings (SSSR count). The van der Waals surface area contributed by atoms with Gasteiger partial charge in [0.05, 0.1) is 11.1 Å². The van der Waals surface area contributed by atoms with E-state index in [-0.39, 0.29) is 0 Å². The number of amides is 1. The first-order valence-electron chi connectivity index (χ1n) is 7.91. The van der Waals surface area contributed by atoms with E-state index in [4.69, 9.17) is 5.73 Å². The number of rotatable bonds is 5. The number of nitrogens with one attached hydrogen (secondary N) is 2. The summed E-state index contributed by atoms with van der Waals surface area (Å²) < 4.78 is 25.9. The molecule has 2 aromatic carbocycles. The van der Waals surface area contributed by atoms with Crippen molar-refractivity contribution in [3.63, 3.8) is 0 Å². The molecule has 7 heteroatoms. The van der Waals surface area contributed by atoms with E-state index in [0.717, 1.165) is 33.2 Å². The molecule has 0 spiro atoms. The number of benzene rings is 2. The minimum Gasteiger partial charge on any atom is -0.366 e. The lowest BCUT2D eigenvalue weighted by Gasteiger charge is -2.10. The first kappa shape index (κ1) is 17.8. The lowest BCUT2D eigenvalue weighted by Crippen LogP contribution is -2.11. The van der Waals surface area contributed by atoms with E-state index in [1.165, 1.54) is 0 Å². The highest BCUT2D eigenvalue weighted by Crippen LogP contribution is 2.35. The molecule has 6 nitrogen and oxygen atoms in total. The van der Waals surface area contributed by atoms with Crippen molar-refractivity contribution in [1.29, 1.82) is 0 Å². The number of H-pyrrole nitrogens is 1. The van der Waals surface area contributed by atoms with Crippen LogP contribution in [0.15, 0.2) is 48.4 Å². The van der Waals surface area contributed by atoms with Gasteiger partial charge < -0.3 is 10.7 Å². The van der Waals surface area contributed by atoms with Crippen LogP contribution in [0.3, 0.4) is 0 Å². The van der Waals surface area contributed by atoms with Crippen LogP contribution < -0.4 is 10.5 Å². The van der Waals surface area contributed by atoms with Crippen molar-refractivity contribution in [3.8, 4) is 11.1 Å². The Bertz CT molecular complexity index is 1140. The highest BCUT2D eigenvalue weighted by atomic mass is 32.2. The van der Waals surface area contributed by atoms with Crippen LogP contribution in [0, 0.1) is 13.8 Å². The third-order valence-corrected chi connectivity index (χ3v) is 5.33. The number of sulfonamides is 1. The van der Waals surface area contributed by atoms with E-state index in [1.54, 1.807) is 24.3 Å². The zero-order valence-electron chi connectivity index (χ0n) is 14.5. The van der Waals surface area contributed by atoms with Gasteiger partial charge in [-0.3, -0.25) is 9.52 Å². The lowest BCUT2D eigenvalue weighted by atomic mass is 9.96. The molecule has 0 fully saturated rings. The van der Waals surface area contributed by atoms with E-state index in [1.807, 2.05) is 26.0 Å². The molecule has 0 aliphatic rings. The molecular formula is C19H19N3O3S. The zero-order chi connectivity index (χ0) is 19.1. The van der Waals surface area contributed by atoms with Crippen LogP contribution in [0.25, 0.3) is 22.0 Å². The van der Waals surface area contributed by atoms with Gasteiger partial charge in [-0.15, -0.1) is 0 Å². The fraction of sp³-hybridized carbons (Fsp3) is 0.105. The number of fused-ring (bicyclic) bond motifs is 1. The highest BCUT2D eigenvalue weighted by Gasteiger charge is 2.17. The SMILES string of the molecule is C=CS(=O)(=O)Nc1cccc(-c2ccc(C(N)=O)c3[nH]c(C)c(C)c23)c1. The molecule has 1 amide bonds. The predicted octanol–water partition coefficient (Wildman–Crippen LogP) is 3.44. The van der Waals surface area contributed by atoms with Gasteiger partial charge in [-0.05, 0) is 48.7 Å². The van der Waals surface area contributed by atoms with Gasteiger partial charge in [-0.25, -0.2) is 8.42 Å². The molecule has 0 unspecified atom stereocenters. The molecule has 1 heterocycles. The number of aromatic amines is 1. The quantitative estimate of drug-likeness (QED) is 0.641. The van der Waals surface area contributed by atoms with Crippen LogP contribution in [0.1, 0.15) is 21.6 Å². The Hall–Kier alpha value is -3.06. The fourth-order valence-corrected chi connectivity index (χ4v) is 3.53. The number of nitrogens with two attached hydrogens (primary N) is 1. The van der Waals surface area contributed by atoms with Gasteiger partial charge in [0.2, 0.25) is 0 Å². The van der Waals surface area contributed by atoms with Crippen molar-refractivity contribution >= 4 is 32.5 Å². The Balaban J connectivity index is 2.22. The Morgan fingerprint density at radius 1 is 1.23 bits per heavy atom. The molecule has 0 aliphatic heterocycles. The first-order valence-corrected chi connectivity index (χ1v) is 9.45. The van der Waals surface area contributed by atoms with Crippen molar-refractivity contribution in [3.05, 3.63) is 65.2 Å². The van der Waals surface area contributed by atoms with E-state index in [2.05, 4.69) is 16.3 Å². The largest absolute Gasteiger partial charge is 0.366 e. The van der Waals surface area contributed by atoms with Crippen molar-refractivity contribution < 1.29 is 13.2 Å². The van der Waals surface area contributed by atoms with Crippen LogP contribution in [0.5, 0.6) is 0 Å². The first-order chi connectivity index (χ1) is 12.2. The summed E-state index contributed by atoms with van der Waals surface area (Å²) in [6, 6.07) is 10.5. The van der Waals surface area contributed by atoms with E-state index < -0.39 is 15.9 Å². The fourth-order valence-electron chi connectivity index (χ4n) is 2.99. The number of anilines is 1. The molecule has 0 saturated carbocycles. The summed E-state index contributed by atoms with van der Waals surface area (Å²) in [6.07, 6.45) is 0. The van der Waals surface area contributed by atoms with Crippen LogP contribution >= 0.6 is 0 Å². The van der Waals surface area contributed by atoms with Gasteiger partial charge in [0.1, 0.15) is 0 Å². The number of aryl methyl sites for hydroxylation is 2. The summed E-state index contributed by atoms with van der Waals surface area (Å²) in [6.45, 7) is 7.19. The van der Waals surface area contributed by atoms with E-state index in [9.17, 15) is 13.2 Å². The van der Waals surface area contributed by atoms with Crippen molar-refractivity contribution in [2.45, 2.75) is 13.8 Å². The number of carbonyl (C=O) groups is 1. The molecule has 1 aromatic heterocycles. The summed E-state index contributed by atoms with van der Waals surface area (Å²) in [5, 5.41) is 1.75. The summed E-state index contributed by atoms with van der Waals surface area (Å²) in [4.78, 5) is 15.0. The number of hydrogen-bond donors (Lipinski definition) is 3. The molecule has 4 N–H and O–H groups in total. The number of aromatic nitrogens is 1. The Kier molecular flexibility index (Phi) is 4.33. The maximum Gasteiger partial charge on any atom is 0.254 e. The van der Waals surface area contributed by atoms with E-state index >= 15 is 0 Å². The van der Waals surface area contributed by atoms with Gasteiger partial charge in [0, 0.05) is 22.2 Å². The maximum absolute atomic E-state index is 11.7. The normalized spacial score (nSPS) is 11.5. The Morgan fingerprint density at radius 3 is 2.62 bits per heavy atom. The van der Waals surface area contributed by atoms with Gasteiger partial charge in [-0.1, -0.05) is 24.8 Å². The second-order valence-corrected chi connectivity index (χ2v) is 7.67. The molecular weight excluding hydrogens is 350 g/mol. The molecule has 0 atom stereocenters. The highest BCUT2D eigenvalue weighted by molar-refractivity contribution is 7.95. The Morgan fingerprint density at radius 2 is 1.96 bits per heavy atom. The zero-order valence-corrected chi connectivity index (χ0v) is 15.3. The minimum atomic E-state index is -3.59. The summed E-state index contributed by atoms with van der Waals surface area (Å²) in [5.41, 5.74) is 10.7. The van der Waals surface area contributed by atoms with Crippen molar-refractivity contribution in [2.24, 2.45) is 5.73 Å². The van der Waals surface area contributed by atoms with Crippen molar-refractivity contribution in [1.82, 2.24) is 4.98 Å². The van der Waals surface area contributed by atoms with Gasteiger partial charge in [-0.2, -0.15) is 0 Å². The third kappa shape index (κ3) is 3.09. The second-order valence-electron chi connectivity index (χ2n) is 6.04. The standard InChI is InChI=1S/C19H19N3O3S/c1-4-26(24,25)22-14-7-5-6-13(10-14)15-8-9-16(19(20)23)18-17(15)11(2)12(3)21-18/h4-10,21-22H,1H2,2-3H3,(H2,20,23). The molecule has 26 heavy (non-hydrogen) atoms. The molecule has 0 radical (unpaired) electrons. The summed E-state index contributed by atoms with van der Waals surface area (Å²) in [5.74, 6) is -0.504. The van der Waals surface area contributed by atoms with Crippen LogP contribution in [0.2, 0.25) is 0 Å². The van der Waals surface area contributed by atoms with Gasteiger partial charge in [0.25, 0.3) is 15.9 Å². The summed E-state index contributed by atoms with van der Waals surface area (Å²) >= 11 is 0. The average molecular weight is 369 g/mol. The molecule has 0 bridgehead atoms. The number of carbonyl (C=O) groups excluding carboxylic acids is 1. The van der Waals surface area contributed by atoms with Crippen LogP contribution in [0.4, 0.5) is 5.69 Å². The number of hydrogen-bond acceptors (Lipinski definition) is 3. The van der Waals surface area contributed by atoms with Crippen LogP contribution in [-0.2, 0) is 10.0 Å². The molecule has 0 saturated heterocycles. The summed E-state index contributed by atoms with van der Waals surface area (Å²) in [7, 11) is -3.59. The third-order valence-electron chi connectivity index (χ3n) is 4.37. The van der Waals surface area contributed by atoms with Gasteiger partial charge >= 0.3 is 0 Å². The van der Waals surface area contributed by atoms with Crippen molar-refractivity contribution in [2.75, 3.05) is 4.72 Å². The number of primary amides is 1. The van der Waals surface area contributed by atoms with E-state index in [0.29, 0.717) is 16.8 Å². The molecule has 0 aliphatic carbocycles. The molecule has 134 valence electrons. The molecule has 3 aromatic rings. The minimum absolute atomic E-state index is 0.420. The topological polar surface area (TPSA) is 105 Å². The smallest absolute Gasteiger partial charge is 0.254 e. The monoisotopic (exact) mass is 369 g/mol. The lowest BCUT2D eigenvalue weighted by molar-refractivity contribution is 0.100. The second kappa shape index (κ2) is 6.34. The average Bonchev–Trinajstić information content (AvgIpc) is 2.89. The van der Waals surface area contributed by atoms with Crippen LogP contribution in [-0.4, -0.2) is 19.3 Å². The van der Waals surface area contributed by atoms with Gasteiger partial charge in [0.15, 0.2) is 0 Å². The predicted molar refractivity (Wildman–Crippen MR) is 104 cm³/mol. The maximum atomic E-state index is 11.7.